The van der Waals surface area contributed by atoms with E-state index in [-0.39, 0.29) is 5.78 Å². The summed E-state index contributed by atoms with van der Waals surface area (Å²) < 4.78 is 10.3. The van der Waals surface area contributed by atoms with E-state index in [0.717, 1.165) is 16.3 Å². The first kappa shape index (κ1) is 13.5. The fourth-order valence-electron chi connectivity index (χ4n) is 1.64. The van der Waals surface area contributed by atoms with Crippen molar-refractivity contribution in [3.63, 3.8) is 0 Å². The normalized spacial score (nSPS) is 10.3. The Labute approximate surface area is 116 Å². The number of ether oxygens (including phenoxy) is 2. The lowest BCUT2D eigenvalue weighted by atomic mass is 10.2. The van der Waals surface area contributed by atoms with Crippen LogP contribution in [0.15, 0.2) is 24.3 Å². The molecular formula is C14H15NO3S. The molecule has 4 nitrogen and oxygen atoms in total. The molecule has 0 atom stereocenters. The van der Waals surface area contributed by atoms with Gasteiger partial charge in [0.05, 0.1) is 14.2 Å². The molecule has 0 saturated carbocycles. The maximum atomic E-state index is 11.8. The number of hydrogen-bond donors (Lipinski definition) is 0. The zero-order valence-corrected chi connectivity index (χ0v) is 11.9. The third kappa shape index (κ3) is 2.76. The Kier molecular flexibility index (Phi) is 4.16. The second kappa shape index (κ2) is 5.84. The van der Waals surface area contributed by atoms with E-state index in [1.54, 1.807) is 7.11 Å². The van der Waals surface area contributed by atoms with Crippen LogP contribution in [0.4, 0.5) is 0 Å². The highest BCUT2D eigenvalue weighted by Gasteiger charge is 2.18. The van der Waals surface area contributed by atoms with E-state index < -0.39 is 0 Å². The van der Waals surface area contributed by atoms with Crippen molar-refractivity contribution in [2.24, 2.45) is 0 Å². The van der Waals surface area contributed by atoms with Gasteiger partial charge in [-0.2, -0.15) is 0 Å². The Morgan fingerprint density at radius 1 is 1.21 bits per heavy atom. The van der Waals surface area contributed by atoms with Crippen LogP contribution in [-0.4, -0.2) is 25.0 Å². The highest BCUT2D eigenvalue weighted by atomic mass is 32.1. The van der Waals surface area contributed by atoms with Crippen molar-refractivity contribution in [1.29, 1.82) is 0 Å². The summed E-state index contributed by atoms with van der Waals surface area (Å²) in [6.45, 7) is 1.83. The molecule has 0 saturated heterocycles. The molecule has 19 heavy (non-hydrogen) atoms. The van der Waals surface area contributed by atoms with E-state index in [1.165, 1.54) is 18.4 Å². The van der Waals surface area contributed by atoms with Crippen LogP contribution in [0.25, 0.3) is 10.6 Å². The van der Waals surface area contributed by atoms with Gasteiger partial charge in [0.2, 0.25) is 5.88 Å². The number of Topliss-reactive ketones (excluding diaryl/α,β-unsaturated/α-hetero) is 1. The summed E-state index contributed by atoms with van der Waals surface area (Å²) in [4.78, 5) is 16.7. The zero-order chi connectivity index (χ0) is 13.8. The van der Waals surface area contributed by atoms with Crippen LogP contribution in [0.5, 0.6) is 11.6 Å². The Hall–Kier alpha value is -1.88. The summed E-state index contributed by atoms with van der Waals surface area (Å²) in [6.07, 6.45) is 0.445. The van der Waals surface area contributed by atoms with Crippen molar-refractivity contribution in [3.05, 3.63) is 29.1 Å². The van der Waals surface area contributed by atoms with Crippen LogP contribution < -0.4 is 9.47 Å². The molecular weight excluding hydrogens is 262 g/mol. The van der Waals surface area contributed by atoms with Gasteiger partial charge in [-0.15, -0.1) is 11.3 Å². The first-order chi connectivity index (χ1) is 9.19. The van der Waals surface area contributed by atoms with Crippen LogP contribution in [0.1, 0.15) is 23.0 Å². The minimum absolute atomic E-state index is 0.0501. The quantitative estimate of drug-likeness (QED) is 0.786. The predicted octanol–water partition coefficient (Wildman–Crippen LogP) is 3.42. The molecule has 2 rings (SSSR count). The second-order valence-corrected chi connectivity index (χ2v) is 4.86. The van der Waals surface area contributed by atoms with E-state index in [2.05, 4.69) is 4.98 Å². The number of carbonyl (C=O) groups excluding carboxylic acids is 1. The molecule has 1 aromatic heterocycles. The van der Waals surface area contributed by atoms with Crippen molar-refractivity contribution in [3.8, 4) is 22.2 Å². The van der Waals surface area contributed by atoms with Crippen molar-refractivity contribution in [2.75, 3.05) is 14.2 Å². The number of benzene rings is 1. The summed E-state index contributed by atoms with van der Waals surface area (Å²) in [5.41, 5.74) is 0.944. The minimum atomic E-state index is 0.0501. The number of rotatable bonds is 5. The third-order valence-corrected chi connectivity index (χ3v) is 3.83. The fourth-order valence-corrected chi connectivity index (χ4v) is 2.69. The standard InChI is InChI=1S/C14H15NO3S/c1-4-11(16)12-13(18-3)15-14(19-12)9-5-7-10(17-2)8-6-9/h5-8H,4H2,1-3H3. The molecule has 0 N–H and O–H groups in total. The van der Waals surface area contributed by atoms with E-state index in [9.17, 15) is 4.79 Å². The molecule has 0 bridgehead atoms. The van der Waals surface area contributed by atoms with Gasteiger partial charge in [-0.05, 0) is 24.3 Å². The van der Waals surface area contributed by atoms with Gasteiger partial charge in [-0.3, -0.25) is 4.79 Å². The van der Waals surface area contributed by atoms with Crippen LogP contribution in [0.3, 0.4) is 0 Å². The SMILES string of the molecule is CCC(=O)c1sc(-c2ccc(OC)cc2)nc1OC. The van der Waals surface area contributed by atoms with Crippen LogP contribution in [-0.2, 0) is 0 Å². The molecule has 0 radical (unpaired) electrons. The molecule has 0 aliphatic rings. The molecule has 0 aliphatic carbocycles. The zero-order valence-electron chi connectivity index (χ0n) is 11.1. The van der Waals surface area contributed by atoms with Crippen molar-refractivity contribution < 1.29 is 14.3 Å². The molecule has 1 heterocycles. The Bertz CT molecular complexity index is 575. The van der Waals surface area contributed by atoms with Gasteiger partial charge in [0, 0.05) is 12.0 Å². The topological polar surface area (TPSA) is 48.4 Å². The van der Waals surface area contributed by atoms with Gasteiger partial charge in [0.25, 0.3) is 0 Å². The Morgan fingerprint density at radius 2 is 1.89 bits per heavy atom. The van der Waals surface area contributed by atoms with Gasteiger partial charge in [0.15, 0.2) is 5.78 Å². The van der Waals surface area contributed by atoms with E-state index in [1.807, 2.05) is 31.2 Å². The van der Waals surface area contributed by atoms with Gasteiger partial charge >= 0.3 is 0 Å². The lowest BCUT2D eigenvalue weighted by molar-refractivity contribution is 0.0989. The Morgan fingerprint density at radius 3 is 2.42 bits per heavy atom. The summed E-state index contributed by atoms with van der Waals surface area (Å²) in [7, 11) is 3.15. The first-order valence-electron chi connectivity index (χ1n) is 5.92. The summed E-state index contributed by atoms with van der Waals surface area (Å²) >= 11 is 1.36. The van der Waals surface area contributed by atoms with E-state index >= 15 is 0 Å². The molecule has 5 heteroatoms. The van der Waals surface area contributed by atoms with Gasteiger partial charge in [-0.1, -0.05) is 6.92 Å². The van der Waals surface area contributed by atoms with Crippen LogP contribution >= 0.6 is 11.3 Å². The van der Waals surface area contributed by atoms with Gasteiger partial charge in [-0.25, -0.2) is 4.98 Å². The number of carbonyl (C=O) groups is 1. The number of ketones is 1. The minimum Gasteiger partial charge on any atom is -0.497 e. The monoisotopic (exact) mass is 277 g/mol. The van der Waals surface area contributed by atoms with Crippen LogP contribution in [0, 0.1) is 0 Å². The first-order valence-corrected chi connectivity index (χ1v) is 6.73. The smallest absolute Gasteiger partial charge is 0.236 e. The number of aromatic nitrogens is 1. The van der Waals surface area contributed by atoms with Crippen LogP contribution in [0.2, 0.25) is 0 Å². The molecule has 0 aliphatic heterocycles. The molecule has 1 aromatic carbocycles. The average Bonchev–Trinajstić information content (AvgIpc) is 2.90. The van der Waals surface area contributed by atoms with Gasteiger partial charge < -0.3 is 9.47 Å². The van der Waals surface area contributed by atoms with E-state index in [0.29, 0.717) is 17.2 Å². The second-order valence-electron chi connectivity index (χ2n) is 3.86. The third-order valence-electron chi connectivity index (χ3n) is 2.70. The Balaban J connectivity index is 2.39. The van der Waals surface area contributed by atoms with Crippen molar-refractivity contribution in [2.45, 2.75) is 13.3 Å². The fraction of sp³-hybridized carbons (Fsp3) is 0.286. The number of hydrogen-bond acceptors (Lipinski definition) is 5. The average molecular weight is 277 g/mol. The highest BCUT2D eigenvalue weighted by Crippen LogP contribution is 2.33. The largest absolute Gasteiger partial charge is 0.497 e. The number of thiazole rings is 1. The predicted molar refractivity (Wildman–Crippen MR) is 75.3 cm³/mol. The summed E-state index contributed by atoms with van der Waals surface area (Å²) in [5, 5.41) is 0.774. The molecule has 0 fully saturated rings. The summed E-state index contributed by atoms with van der Waals surface area (Å²) in [5.74, 6) is 1.24. The number of nitrogens with zero attached hydrogens (tertiary/aromatic N) is 1. The molecule has 0 unspecified atom stereocenters. The van der Waals surface area contributed by atoms with Crippen molar-refractivity contribution in [1.82, 2.24) is 4.98 Å². The van der Waals surface area contributed by atoms with Crippen molar-refractivity contribution >= 4 is 17.1 Å². The van der Waals surface area contributed by atoms with E-state index in [4.69, 9.17) is 9.47 Å². The lowest BCUT2D eigenvalue weighted by Crippen LogP contribution is -1.96. The lowest BCUT2D eigenvalue weighted by Gasteiger charge is -1.99. The highest BCUT2D eigenvalue weighted by molar-refractivity contribution is 7.17. The molecule has 2 aromatic rings. The molecule has 0 spiro atoms. The van der Waals surface area contributed by atoms with Gasteiger partial charge in [0.1, 0.15) is 15.6 Å². The molecule has 0 amide bonds. The number of methoxy groups -OCH3 is 2. The maximum absolute atomic E-state index is 11.8. The summed E-state index contributed by atoms with van der Waals surface area (Å²) in [6, 6.07) is 7.56. The molecule has 100 valence electrons. The maximum Gasteiger partial charge on any atom is 0.236 e.